The van der Waals surface area contributed by atoms with Gasteiger partial charge in [0.25, 0.3) is 0 Å². The normalized spacial score (nSPS) is 11.8. The number of halogens is 1. The fourth-order valence-corrected chi connectivity index (χ4v) is 1.85. The van der Waals surface area contributed by atoms with Crippen LogP contribution in [-0.4, -0.2) is 14.8 Å². The molecular formula is C13H17ClN4. The zero-order chi connectivity index (χ0) is 13.5. The first-order chi connectivity index (χ1) is 8.29. The summed E-state index contributed by atoms with van der Waals surface area (Å²) in [6.45, 7) is 6.23. The van der Waals surface area contributed by atoms with E-state index in [1.54, 1.807) is 16.8 Å². The Morgan fingerprint density at radius 3 is 2.50 bits per heavy atom. The molecule has 1 aromatic carbocycles. The summed E-state index contributed by atoms with van der Waals surface area (Å²) in [5.41, 5.74) is 7.17. The van der Waals surface area contributed by atoms with Gasteiger partial charge in [0.1, 0.15) is 0 Å². The number of benzene rings is 1. The topological polar surface area (TPSA) is 56.7 Å². The summed E-state index contributed by atoms with van der Waals surface area (Å²) in [6, 6.07) is 5.36. The van der Waals surface area contributed by atoms with Crippen LogP contribution in [-0.2, 0) is 12.5 Å². The maximum atomic E-state index is 6.19. The van der Waals surface area contributed by atoms with Gasteiger partial charge in [-0.2, -0.15) is 5.10 Å². The average molecular weight is 265 g/mol. The first-order valence-corrected chi connectivity index (χ1v) is 6.14. The molecule has 0 saturated carbocycles. The molecule has 0 atom stereocenters. The maximum absolute atomic E-state index is 6.19. The molecule has 1 aromatic heterocycles. The number of hydrogen-bond donors (Lipinski definition) is 1. The van der Waals surface area contributed by atoms with Gasteiger partial charge in [0, 0.05) is 23.7 Å². The maximum Gasteiger partial charge on any atom is 0.159 e. The fraction of sp³-hybridized carbons (Fsp3) is 0.385. The van der Waals surface area contributed by atoms with E-state index in [4.69, 9.17) is 17.3 Å². The van der Waals surface area contributed by atoms with Crippen molar-refractivity contribution >= 4 is 17.3 Å². The Balaban J connectivity index is 2.58. The summed E-state index contributed by atoms with van der Waals surface area (Å²) >= 11 is 6.19. The number of anilines is 1. The van der Waals surface area contributed by atoms with Crippen molar-refractivity contribution in [2.45, 2.75) is 26.2 Å². The Labute approximate surface area is 112 Å². The molecule has 0 aliphatic heterocycles. The monoisotopic (exact) mass is 264 g/mol. The lowest BCUT2D eigenvalue weighted by atomic mass is 9.96. The molecule has 2 rings (SSSR count). The molecule has 18 heavy (non-hydrogen) atoms. The third kappa shape index (κ3) is 2.34. The largest absolute Gasteiger partial charge is 0.399 e. The van der Waals surface area contributed by atoms with Crippen LogP contribution in [0.3, 0.4) is 0 Å². The molecular weight excluding hydrogens is 248 g/mol. The van der Waals surface area contributed by atoms with Crippen molar-refractivity contribution < 1.29 is 0 Å². The molecule has 0 saturated heterocycles. The lowest BCUT2D eigenvalue weighted by Crippen LogP contribution is -2.13. The van der Waals surface area contributed by atoms with E-state index in [0.29, 0.717) is 10.7 Å². The van der Waals surface area contributed by atoms with E-state index >= 15 is 0 Å². The molecule has 96 valence electrons. The van der Waals surface area contributed by atoms with Crippen molar-refractivity contribution in [2.75, 3.05) is 5.73 Å². The molecule has 0 fully saturated rings. The van der Waals surface area contributed by atoms with E-state index in [1.165, 1.54) is 0 Å². The number of rotatable bonds is 1. The molecule has 0 aliphatic rings. The predicted molar refractivity (Wildman–Crippen MR) is 74.6 cm³/mol. The second-order valence-corrected chi connectivity index (χ2v) is 5.78. The molecule has 0 spiro atoms. The van der Waals surface area contributed by atoms with Gasteiger partial charge in [-0.15, -0.1) is 0 Å². The molecule has 1 heterocycles. The van der Waals surface area contributed by atoms with E-state index < -0.39 is 0 Å². The summed E-state index contributed by atoms with van der Waals surface area (Å²) in [7, 11) is 1.86. The first kappa shape index (κ1) is 12.9. The van der Waals surface area contributed by atoms with Gasteiger partial charge in [0.2, 0.25) is 0 Å². The molecule has 2 aromatic rings. The third-order valence-electron chi connectivity index (χ3n) is 2.67. The third-order valence-corrected chi connectivity index (χ3v) is 2.99. The lowest BCUT2D eigenvalue weighted by Gasteiger charge is -2.12. The molecule has 4 nitrogen and oxygen atoms in total. The molecule has 0 unspecified atom stereocenters. The minimum Gasteiger partial charge on any atom is -0.399 e. The number of nitrogens with two attached hydrogens (primary N) is 1. The summed E-state index contributed by atoms with van der Waals surface area (Å²) in [6.07, 6.45) is 0. The van der Waals surface area contributed by atoms with Gasteiger partial charge >= 0.3 is 0 Å². The van der Waals surface area contributed by atoms with Crippen molar-refractivity contribution in [3.05, 3.63) is 29.0 Å². The molecule has 0 radical (unpaired) electrons. The highest BCUT2D eigenvalue weighted by atomic mass is 35.5. The van der Waals surface area contributed by atoms with Crippen LogP contribution in [0.15, 0.2) is 18.2 Å². The number of aromatic nitrogens is 3. The van der Waals surface area contributed by atoms with Crippen LogP contribution < -0.4 is 5.73 Å². The highest BCUT2D eigenvalue weighted by molar-refractivity contribution is 6.33. The summed E-state index contributed by atoms with van der Waals surface area (Å²) in [4.78, 5) is 4.57. The van der Waals surface area contributed by atoms with Crippen molar-refractivity contribution in [1.82, 2.24) is 14.8 Å². The van der Waals surface area contributed by atoms with Gasteiger partial charge in [0.15, 0.2) is 11.6 Å². The van der Waals surface area contributed by atoms with Gasteiger partial charge in [-0.25, -0.2) is 9.67 Å². The van der Waals surface area contributed by atoms with Crippen LogP contribution in [0.25, 0.3) is 11.4 Å². The minimum absolute atomic E-state index is 0.0944. The van der Waals surface area contributed by atoms with Crippen LogP contribution in [0.1, 0.15) is 26.6 Å². The second kappa shape index (κ2) is 4.28. The Bertz CT molecular complexity index is 581. The zero-order valence-electron chi connectivity index (χ0n) is 11.0. The number of nitrogens with zero attached hydrogens (tertiary/aromatic N) is 3. The fourth-order valence-electron chi connectivity index (χ4n) is 1.65. The Morgan fingerprint density at radius 1 is 1.28 bits per heavy atom. The quantitative estimate of drug-likeness (QED) is 0.806. The van der Waals surface area contributed by atoms with Crippen LogP contribution in [0, 0.1) is 0 Å². The summed E-state index contributed by atoms with van der Waals surface area (Å²) in [5.74, 6) is 1.52. The molecule has 2 N–H and O–H groups in total. The van der Waals surface area contributed by atoms with E-state index in [0.717, 1.165) is 17.2 Å². The van der Waals surface area contributed by atoms with Gasteiger partial charge in [0.05, 0.1) is 5.02 Å². The minimum atomic E-state index is -0.0944. The number of aryl methyl sites for hydroxylation is 1. The zero-order valence-corrected chi connectivity index (χ0v) is 11.8. The van der Waals surface area contributed by atoms with Crippen LogP contribution in [0.5, 0.6) is 0 Å². The van der Waals surface area contributed by atoms with Crippen LogP contribution >= 0.6 is 11.6 Å². The average Bonchev–Trinajstić information content (AvgIpc) is 2.64. The highest BCUT2D eigenvalue weighted by Gasteiger charge is 2.22. The summed E-state index contributed by atoms with van der Waals surface area (Å²) in [5, 5.41) is 5.06. The first-order valence-electron chi connectivity index (χ1n) is 5.76. The van der Waals surface area contributed by atoms with E-state index in [2.05, 4.69) is 30.9 Å². The molecule has 0 amide bonds. The van der Waals surface area contributed by atoms with Crippen molar-refractivity contribution in [3.8, 4) is 11.4 Å². The van der Waals surface area contributed by atoms with E-state index in [9.17, 15) is 0 Å². The van der Waals surface area contributed by atoms with E-state index in [-0.39, 0.29) is 5.41 Å². The summed E-state index contributed by atoms with van der Waals surface area (Å²) < 4.78 is 1.74. The lowest BCUT2D eigenvalue weighted by molar-refractivity contribution is 0.538. The van der Waals surface area contributed by atoms with Crippen molar-refractivity contribution in [2.24, 2.45) is 7.05 Å². The van der Waals surface area contributed by atoms with Gasteiger partial charge in [-0.3, -0.25) is 0 Å². The van der Waals surface area contributed by atoms with Gasteiger partial charge in [-0.1, -0.05) is 32.4 Å². The smallest absolute Gasteiger partial charge is 0.159 e. The SMILES string of the molecule is Cn1nc(C(C)(C)C)nc1-c1cc(N)ccc1Cl. The predicted octanol–water partition coefficient (Wildman–Crippen LogP) is 3.02. The van der Waals surface area contributed by atoms with E-state index in [1.807, 2.05) is 13.1 Å². The standard InChI is InChI=1S/C13H17ClN4/c1-13(2,3)12-16-11(18(4)17-12)9-7-8(15)5-6-10(9)14/h5-7H,15H2,1-4H3. The number of hydrogen-bond acceptors (Lipinski definition) is 3. The second-order valence-electron chi connectivity index (χ2n) is 5.37. The molecule has 0 bridgehead atoms. The van der Waals surface area contributed by atoms with Crippen LogP contribution in [0.2, 0.25) is 5.02 Å². The Hall–Kier alpha value is -1.55. The van der Waals surface area contributed by atoms with Crippen LogP contribution in [0.4, 0.5) is 5.69 Å². The van der Waals surface area contributed by atoms with Crippen molar-refractivity contribution in [3.63, 3.8) is 0 Å². The Morgan fingerprint density at radius 2 is 1.94 bits per heavy atom. The van der Waals surface area contributed by atoms with Crippen molar-refractivity contribution in [1.29, 1.82) is 0 Å². The van der Waals surface area contributed by atoms with Gasteiger partial charge < -0.3 is 5.73 Å². The number of nitrogen functional groups attached to an aromatic ring is 1. The highest BCUT2D eigenvalue weighted by Crippen LogP contribution is 2.30. The molecule has 5 heteroatoms. The molecule has 0 aliphatic carbocycles. The van der Waals surface area contributed by atoms with Gasteiger partial charge in [-0.05, 0) is 18.2 Å². The Kier molecular flexibility index (Phi) is 3.07.